The van der Waals surface area contributed by atoms with E-state index in [0.717, 1.165) is 54.5 Å². The van der Waals surface area contributed by atoms with Crippen LogP contribution in [-0.4, -0.2) is 28.5 Å². The molecule has 168 valence electrons. The van der Waals surface area contributed by atoms with Crippen LogP contribution in [0.4, 0.5) is 4.39 Å². The number of rotatable bonds is 6. The van der Waals surface area contributed by atoms with E-state index < -0.39 is 0 Å². The zero-order valence-corrected chi connectivity index (χ0v) is 19.0. The molecule has 5 rings (SSSR count). The first-order valence-corrected chi connectivity index (χ1v) is 11.7. The van der Waals surface area contributed by atoms with Gasteiger partial charge >= 0.3 is 0 Å². The smallest absolute Gasteiger partial charge is 0.223 e. The summed E-state index contributed by atoms with van der Waals surface area (Å²) in [6.07, 6.45) is 4.73. The van der Waals surface area contributed by atoms with Crippen LogP contribution in [-0.2, 0) is 11.3 Å². The number of amides is 1. The van der Waals surface area contributed by atoms with E-state index >= 15 is 0 Å². The molecule has 1 atom stereocenters. The summed E-state index contributed by atoms with van der Waals surface area (Å²) >= 11 is 0. The van der Waals surface area contributed by atoms with Gasteiger partial charge in [0.1, 0.15) is 5.82 Å². The largest absolute Gasteiger partial charge is 0.343 e. The Labute approximate surface area is 194 Å². The molecular weight excluding hydrogens is 411 g/mol. The first kappa shape index (κ1) is 21.4. The van der Waals surface area contributed by atoms with Crippen molar-refractivity contribution in [3.63, 3.8) is 0 Å². The molecule has 1 aliphatic rings. The molecule has 1 saturated heterocycles. The van der Waals surface area contributed by atoms with E-state index in [1.807, 2.05) is 23.1 Å². The van der Waals surface area contributed by atoms with Crippen molar-refractivity contribution in [1.29, 1.82) is 0 Å². The number of carbonyl (C=O) groups is 1. The van der Waals surface area contributed by atoms with E-state index in [0.29, 0.717) is 6.42 Å². The van der Waals surface area contributed by atoms with Crippen molar-refractivity contribution in [3.05, 3.63) is 107 Å². The number of nitrogens with zero attached hydrogens (tertiary/aromatic N) is 2. The van der Waals surface area contributed by atoms with Gasteiger partial charge in [0, 0.05) is 49.1 Å². The van der Waals surface area contributed by atoms with Crippen molar-refractivity contribution in [2.24, 2.45) is 0 Å². The second kappa shape index (κ2) is 9.22. The number of carbonyl (C=O) groups excluding carboxylic acids is 1. The maximum Gasteiger partial charge on any atom is 0.223 e. The molecule has 1 fully saturated rings. The van der Waals surface area contributed by atoms with Crippen LogP contribution in [0, 0.1) is 12.7 Å². The lowest BCUT2D eigenvalue weighted by Crippen LogP contribution is -2.29. The van der Waals surface area contributed by atoms with E-state index in [4.69, 9.17) is 0 Å². The monoisotopic (exact) mass is 440 g/mol. The maximum atomic E-state index is 13.7. The van der Waals surface area contributed by atoms with Crippen molar-refractivity contribution in [1.82, 2.24) is 9.47 Å². The lowest BCUT2D eigenvalue weighted by molar-refractivity contribution is -0.130. The summed E-state index contributed by atoms with van der Waals surface area (Å²) in [5.41, 5.74) is 5.72. The molecule has 1 aromatic heterocycles. The highest BCUT2D eigenvalue weighted by Crippen LogP contribution is 2.36. The van der Waals surface area contributed by atoms with Crippen molar-refractivity contribution < 1.29 is 9.18 Å². The van der Waals surface area contributed by atoms with Gasteiger partial charge in [0.15, 0.2) is 0 Å². The summed E-state index contributed by atoms with van der Waals surface area (Å²) in [5.74, 6) is -0.203. The summed E-state index contributed by atoms with van der Waals surface area (Å²) in [4.78, 5) is 15.2. The summed E-state index contributed by atoms with van der Waals surface area (Å²) in [6.45, 7) is 4.53. The van der Waals surface area contributed by atoms with Crippen molar-refractivity contribution >= 4 is 16.8 Å². The van der Waals surface area contributed by atoms with E-state index in [1.54, 1.807) is 0 Å². The SMILES string of the molecule is Cc1ccc(Cn2cc(C(CC(=O)N3CCCC3)c3ccc(F)cc3)c3ccccc32)cc1. The molecule has 0 radical (unpaired) electrons. The van der Waals surface area contributed by atoms with E-state index in [9.17, 15) is 9.18 Å². The molecular formula is C29H29FN2O. The Morgan fingerprint density at radius 3 is 2.36 bits per heavy atom. The van der Waals surface area contributed by atoms with Gasteiger partial charge in [-0.25, -0.2) is 4.39 Å². The highest BCUT2D eigenvalue weighted by Gasteiger charge is 2.26. The molecule has 1 unspecified atom stereocenters. The van der Waals surface area contributed by atoms with Crippen molar-refractivity contribution in [2.75, 3.05) is 13.1 Å². The van der Waals surface area contributed by atoms with Crippen molar-refractivity contribution in [3.8, 4) is 0 Å². The third kappa shape index (κ3) is 4.56. The van der Waals surface area contributed by atoms with Gasteiger partial charge in [-0.15, -0.1) is 0 Å². The summed E-state index contributed by atoms with van der Waals surface area (Å²) in [5, 5.41) is 1.15. The molecule has 4 heteroatoms. The number of aryl methyl sites for hydroxylation is 1. The molecule has 0 saturated carbocycles. The number of fused-ring (bicyclic) bond motifs is 1. The van der Waals surface area contributed by atoms with Crippen LogP contribution in [0.25, 0.3) is 10.9 Å². The van der Waals surface area contributed by atoms with Gasteiger partial charge in [-0.05, 0) is 54.7 Å². The van der Waals surface area contributed by atoms with Gasteiger partial charge in [-0.2, -0.15) is 0 Å². The fourth-order valence-corrected chi connectivity index (χ4v) is 4.95. The number of aromatic nitrogens is 1. The van der Waals surface area contributed by atoms with Gasteiger partial charge in [0.2, 0.25) is 5.91 Å². The first-order valence-electron chi connectivity index (χ1n) is 11.7. The standard InChI is InChI=1S/C29H29FN2O/c1-21-8-10-22(11-9-21)19-32-20-27(25-6-2-3-7-28(25)32)26(23-12-14-24(30)15-13-23)18-29(33)31-16-4-5-17-31/h2-3,6-15,20,26H,4-5,16-19H2,1H3. The lowest BCUT2D eigenvalue weighted by atomic mass is 9.88. The second-order valence-corrected chi connectivity index (χ2v) is 9.11. The number of likely N-dealkylation sites (tertiary alicyclic amines) is 1. The molecule has 0 spiro atoms. The molecule has 0 bridgehead atoms. The van der Waals surface area contributed by atoms with E-state index in [2.05, 4.69) is 60.2 Å². The lowest BCUT2D eigenvalue weighted by Gasteiger charge is -2.21. The minimum absolute atomic E-state index is 0.122. The van der Waals surface area contributed by atoms with Crippen LogP contribution < -0.4 is 0 Å². The fraction of sp³-hybridized carbons (Fsp3) is 0.276. The number of halogens is 1. The van der Waals surface area contributed by atoms with E-state index in [-0.39, 0.29) is 17.6 Å². The first-order chi connectivity index (χ1) is 16.1. The quantitative estimate of drug-likeness (QED) is 0.346. The Morgan fingerprint density at radius 2 is 1.64 bits per heavy atom. The molecule has 3 nitrogen and oxygen atoms in total. The topological polar surface area (TPSA) is 25.2 Å². The predicted molar refractivity (Wildman–Crippen MR) is 131 cm³/mol. The third-order valence-electron chi connectivity index (χ3n) is 6.78. The van der Waals surface area contributed by atoms with Crippen LogP contribution in [0.5, 0.6) is 0 Å². The molecule has 33 heavy (non-hydrogen) atoms. The van der Waals surface area contributed by atoms with Gasteiger partial charge in [0.25, 0.3) is 0 Å². The molecule has 0 N–H and O–H groups in total. The van der Waals surface area contributed by atoms with Crippen molar-refractivity contribution in [2.45, 2.75) is 38.6 Å². The molecule has 4 aromatic rings. The fourth-order valence-electron chi connectivity index (χ4n) is 4.95. The second-order valence-electron chi connectivity index (χ2n) is 9.11. The minimum atomic E-state index is -0.259. The van der Waals surface area contributed by atoms with Gasteiger partial charge < -0.3 is 9.47 Å². The number of benzene rings is 3. The summed E-state index contributed by atoms with van der Waals surface area (Å²) < 4.78 is 16.0. The number of hydrogen-bond acceptors (Lipinski definition) is 1. The number of hydrogen-bond donors (Lipinski definition) is 0. The maximum absolute atomic E-state index is 13.7. The van der Waals surface area contributed by atoms with E-state index in [1.165, 1.54) is 23.3 Å². The van der Waals surface area contributed by atoms with Gasteiger partial charge in [0.05, 0.1) is 0 Å². The Kier molecular flexibility index (Phi) is 5.99. The minimum Gasteiger partial charge on any atom is -0.343 e. The highest BCUT2D eigenvalue weighted by molar-refractivity contribution is 5.87. The van der Waals surface area contributed by atoms with Gasteiger partial charge in [-0.3, -0.25) is 4.79 Å². The molecule has 1 amide bonds. The Bertz CT molecular complexity index is 1250. The van der Waals surface area contributed by atoms with Crippen LogP contribution in [0.3, 0.4) is 0 Å². The normalized spacial score (nSPS) is 14.7. The average molecular weight is 441 g/mol. The zero-order valence-electron chi connectivity index (χ0n) is 19.0. The molecule has 2 heterocycles. The number of para-hydroxylation sites is 1. The zero-order chi connectivity index (χ0) is 22.8. The van der Waals surface area contributed by atoms with Crippen LogP contribution >= 0.6 is 0 Å². The Hall–Kier alpha value is -3.40. The Morgan fingerprint density at radius 1 is 0.939 bits per heavy atom. The summed E-state index contributed by atoms with van der Waals surface area (Å²) in [6, 6.07) is 23.6. The molecule has 0 aliphatic carbocycles. The van der Waals surface area contributed by atoms with Crippen LogP contribution in [0.2, 0.25) is 0 Å². The van der Waals surface area contributed by atoms with Gasteiger partial charge in [-0.1, -0.05) is 60.2 Å². The predicted octanol–water partition coefficient (Wildman–Crippen LogP) is 6.28. The summed E-state index contributed by atoms with van der Waals surface area (Å²) in [7, 11) is 0. The highest BCUT2D eigenvalue weighted by atomic mass is 19.1. The van der Waals surface area contributed by atoms with Crippen LogP contribution in [0.1, 0.15) is 47.4 Å². The third-order valence-corrected chi connectivity index (χ3v) is 6.78. The Balaban J connectivity index is 1.56. The average Bonchev–Trinajstić information content (AvgIpc) is 3.49. The van der Waals surface area contributed by atoms with Crippen LogP contribution in [0.15, 0.2) is 79.0 Å². The molecule has 1 aliphatic heterocycles. The molecule has 3 aromatic carbocycles.